The van der Waals surface area contributed by atoms with Crippen molar-refractivity contribution in [1.82, 2.24) is 0 Å². The number of rotatable bonds is 1. The van der Waals surface area contributed by atoms with Crippen LogP contribution in [0.15, 0.2) is 0 Å². The van der Waals surface area contributed by atoms with Crippen molar-refractivity contribution in [3.8, 4) is 6.07 Å². The summed E-state index contributed by atoms with van der Waals surface area (Å²) in [4.78, 5) is 0. The van der Waals surface area contributed by atoms with Gasteiger partial charge in [0.05, 0.1) is 6.07 Å². The van der Waals surface area contributed by atoms with Gasteiger partial charge in [0.25, 0.3) is 0 Å². The molecular weight excluding hydrogens is 85.0 g/mol. The maximum atomic E-state index is 9.28. The third kappa shape index (κ3) is 3.59. The number of nitrogens with zero attached hydrogens (tertiary/aromatic N) is 1. The molecule has 26 valence electrons. The second-order valence-corrected chi connectivity index (χ2v) is 1.02. The lowest BCUT2D eigenvalue weighted by Crippen LogP contribution is -1.49. The van der Waals surface area contributed by atoms with Gasteiger partial charge in [-0.1, -0.05) is 0 Å². The van der Waals surface area contributed by atoms with Crippen molar-refractivity contribution in [2.45, 2.75) is 0 Å². The number of hydrogen-bond donors (Lipinski definition) is 0. The summed E-state index contributed by atoms with van der Waals surface area (Å²) in [5.74, 6) is 0. The summed E-state index contributed by atoms with van der Waals surface area (Å²) in [6.07, 6.45) is 0.111. The zero-order valence-corrected chi connectivity index (χ0v) is 3.40. The van der Waals surface area contributed by atoms with E-state index in [9.17, 15) is 4.57 Å². The van der Waals surface area contributed by atoms with Crippen LogP contribution in [0.5, 0.6) is 0 Å². The first-order chi connectivity index (χ1) is 2.41. The predicted molar refractivity (Wildman–Crippen MR) is 18.1 cm³/mol. The highest BCUT2D eigenvalue weighted by Crippen LogP contribution is 1.83. The van der Waals surface area contributed by atoms with Crippen LogP contribution in [0, 0.1) is 11.3 Å². The summed E-state index contributed by atoms with van der Waals surface area (Å²) < 4.78 is 9.28. The van der Waals surface area contributed by atoms with Crippen molar-refractivity contribution in [2.24, 2.45) is 0 Å². The molecule has 5 heavy (non-hydrogen) atoms. The minimum Gasteiger partial charge on any atom is -0.274 e. The summed E-state index contributed by atoms with van der Waals surface area (Å²) >= 11 is 0. The van der Waals surface area contributed by atoms with Crippen LogP contribution in [0.2, 0.25) is 0 Å². The normalized spacial score (nSPS) is 7.00. The molecule has 0 radical (unpaired) electrons. The maximum absolute atomic E-state index is 9.28. The first-order valence-corrected chi connectivity index (χ1v) is 2.07. The molecule has 0 amide bonds. The molecule has 0 aromatic rings. The fourth-order valence-corrected chi connectivity index (χ4v) is 0.0866. The second-order valence-electron chi connectivity index (χ2n) is 0.445. The summed E-state index contributed by atoms with van der Waals surface area (Å²) in [7, 11) is -0.0814. The Labute approximate surface area is 31.6 Å². The Balaban J connectivity index is 2.75. The van der Waals surface area contributed by atoms with Gasteiger partial charge in [-0.25, -0.2) is 0 Å². The Bertz CT molecular complexity index is 64.5. The van der Waals surface area contributed by atoms with Crippen molar-refractivity contribution in [1.29, 1.82) is 5.26 Å². The van der Waals surface area contributed by atoms with Crippen molar-refractivity contribution >= 4 is 8.46 Å². The Morgan fingerprint density at radius 2 is 2.60 bits per heavy atom. The molecule has 3 heteroatoms. The lowest BCUT2D eigenvalue weighted by Gasteiger charge is -1.47. The molecule has 2 nitrogen and oxygen atoms in total. The van der Waals surface area contributed by atoms with Gasteiger partial charge < -0.3 is 0 Å². The van der Waals surface area contributed by atoms with Gasteiger partial charge in [0.1, 0.15) is 6.16 Å². The third-order valence-electron chi connectivity index (χ3n) is 0.135. The van der Waals surface area contributed by atoms with Gasteiger partial charge >= 0.3 is 0 Å². The highest BCUT2D eigenvalue weighted by molar-refractivity contribution is 7.24. The molecule has 0 bridgehead atoms. The fourth-order valence-electron chi connectivity index (χ4n) is 0.0289. The molecule has 0 saturated carbocycles. The van der Waals surface area contributed by atoms with Crippen molar-refractivity contribution in [2.75, 3.05) is 6.16 Å². The van der Waals surface area contributed by atoms with Gasteiger partial charge in [-0.05, 0) is 0 Å². The van der Waals surface area contributed by atoms with Gasteiger partial charge in [-0.3, -0.25) is 4.57 Å². The molecule has 0 spiro atoms. The SMILES string of the molecule is N#CCP=O. The van der Waals surface area contributed by atoms with Crippen molar-refractivity contribution in [3.05, 3.63) is 0 Å². The molecule has 0 aliphatic carbocycles. The topological polar surface area (TPSA) is 40.9 Å². The fraction of sp³-hybridized carbons (Fsp3) is 0.500. The molecule has 0 aromatic heterocycles. The second kappa shape index (κ2) is 3.59. The van der Waals surface area contributed by atoms with E-state index in [0.717, 1.165) is 0 Å². The molecule has 0 aliphatic heterocycles. The van der Waals surface area contributed by atoms with Crippen molar-refractivity contribution in [3.63, 3.8) is 0 Å². The van der Waals surface area contributed by atoms with Crippen LogP contribution in [-0.4, -0.2) is 6.16 Å². The molecular formula is C2H2NOP. The standard InChI is InChI=1S/C2H2NOP/c3-1-2-5-4/h2H2. The minimum absolute atomic E-state index is 0.0814. The summed E-state index contributed by atoms with van der Waals surface area (Å²) in [5, 5.41) is 7.61. The zero-order valence-electron chi connectivity index (χ0n) is 2.51. The molecule has 0 unspecified atom stereocenters. The van der Waals surface area contributed by atoms with E-state index in [1.165, 1.54) is 0 Å². The first kappa shape index (κ1) is 4.59. The lowest BCUT2D eigenvalue weighted by atomic mass is 10.9. The minimum atomic E-state index is -0.0814. The Morgan fingerprint density at radius 1 is 2.00 bits per heavy atom. The molecule has 0 aromatic carbocycles. The van der Waals surface area contributed by atoms with E-state index < -0.39 is 0 Å². The van der Waals surface area contributed by atoms with Crippen LogP contribution in [0.4, 0.5) is 0 Å². The summed E-state index contributed by atoms with van der Waals surface area (Å²) in [6, 6.07) is 1.69. The smallest absolute Gasteiger partial charge is 0.170 e. The number of hydrogen-bond acceptors (Lipinski definition) is 2. The van der Waals surface area contributed by atoms with Crippen molar-refractivity contribution < 1.29 is 4.57 Å². The first-order valence-electron chi connectivity index (χ1n) is 1.08. The van der Waals surface area contributed by atoms with Gasteiger partial charge in [0.15, 0.2) is 8.46 Å². The van der Waals surface area contributed by atoms with Crippen LogP contribution in [0.3, 0.4) is 0 Å². The van der Waals surface area contributed by atoms with E-state index in [4.69, 9.17) is 5.26 Å². The number of nitriles is 1. The molecule has 0 aliphatic rings. The van der Waals surface area contributed by atoms with Crippen LogP contribution >= 0.6 is 8.46 Å². The quantitative estimate of drug-likeness (QED) is 0.444. The highest BCUT2D eigenvalue weighted by atomic mass is 31.1. The van der Waals surface area contributed by atoms with Gasteiger partial charge in [-0.2, -0.15) is 5.26 Å². The largest absolute Gasteiger partial charge is 0.274 e. The predicted octanol–water partition coefficient (Wildman–Crippen LogP) is 0.802. The molecule has 0 atom stereocenters. The lowest BCUT2D eigenvalue weighted by molar-refractivity contribution is 0.600. The van der Waals surface area contributed by atoms with Crippen LogP contribution in [0.1, 0.15) is 0 Å². The van der Waals surface area contributed by atoms with E-state index in [1.807, 2.05) is 0 Å². The Kier molecular flexibility index (Phi) is 3.30. The molecule has 0 N–H and O–H groups in total. The van der Waals surface area contributed by atoms with Gasteiger partial charge in [0.2, 0.25) is 0 Å². The molecule has 0 heterocycles. The van der Waals surface area contributed by atoms with E-state index >= 15 is 0 Å². The van der Waals surface area contributed by atoms with E-state index in [0.29, 0.717) is 0 Å². The average molecular weight is 87.0 g/mol. The molecule has 0 rings (SSSR count). The molecule has 0 fully saturated rings. The average Bonchev–Trinajstić information content (AvgIpc) is 1.41. The molecule has 0 saturated heterocycles. The van der Waals surface area contributed by atoms with Gasteiger partial charge in [-0.15, -0.1) is 0 Å². The summed E-state index contributed by atoms with van der Waals surface area (Å²) in [6.45, 7) is 0. The van der Waals surface area contributed by atoms with E-state index in [1.54, 1.807) is 6.07 Å². The van der Waals surface area contributed by atoms with Crippen LogP contribution in [-0.2, 0) is 4.57 Å². The highest BCUT2D eigenvalue weighted by Gasteiger charge is 1.65. The van der Waals surface area contributed by atoms with Crippen LogP contribution in [0.25, 0.3) is 0 Å². The summed E-state index contributed by atoms with van der Waals surface area (Å²) in [5.41, 5.74) is 0. The van der Waals surface area contributed by atoms with Gasteiger partial charge in [0, 0.05) is 0 Å². The van der Waals surface area contributed by atoms with E-state index in [2.05, 4.69) is 0 Å². The monoisotopic (exact) mass is 87.0 g/mol. The zero-order chi connectivity index (χ0) is 4.12. The Morgan fingerprint density at radius 3 is 2.60 bits per heavy atom. The van der Waals surface area contributed by atoms with Crippen LogP contribution < -0.4 is 0 Å². The Hall–Kier alpha value is -0.410. The maximum Gasteiger partial charge on any atom is 0.170 e. The van der Waals surface area contributed by atoms with E-state index in [-0.39, 0.29) is 14.6 Å². The third-order valence-corrected chi connectivity index (χ3v) is 0.406.